The molecule has 2 aromatic carbocycles. The molecule has 0 saturated carbocycles. The van der Waals surface area contributed by atoms with Crippen molar-refractivity contribution in [1.82, 2.24) is 9.97 Å². The molecule has 1 heterocycles. The maximum atomic E-state index is 13.6. The Bertz CT molecular complexity index is 823. The van der Waals surface area contributed by atoms with Crippen LogP contribution in [0.5, 0.6) is 0 Å². The van der Waals surface area contributed by atoms with Gasteiger partial charge in [-0.2, -0.15) is 4.98 Å². The molecule has 0 saturated heterocycles. The van der Waals surface area contributed by atoms with Crippen LogP contribution >= 0.6 is 0 Å². The van der Waals surface area contributed by atoms with Crippen molar-refractivity contribution < 1.29 is 8.78 Å². The average molecular weight is 326 g/mol. The Morgan fingerprint density at radius 2 is 1.62 bits per heavy atom. The van der Waals surface area contributed by atoms with Gasteiger partial charge in [0, 0.05) is 12.7 Å². The topological polar surface area (TPSA) is 49.8 Å². The third-order valence-corrected chi connectivity index (χ3v) is 3.43. The lowest BCUT2D eigenvalue weighted by molar-refractivity contribution is 0.610. The molecule has 0 unspecified atom stereocenters. The first kappa shape index (κ1) is 15.9. The lowest BCUT2D eigenvalue weighted by Crippen LogP contribution is -2.08. The second-order valence-corrected chi connectivity index (χ2v) is 5.14. The van der Waals surface area contributed by atoms with E-state index in [1.54, 1.807) is 48.7 Å². The minimum atomic E-state index is -0.376. The van der Waals surface area contributed by atoms with Gasteiger partial charge in [0.1, 0.15) is 17.5 Å². The zero-order chi connectivity index (χ0) is 16.8. The van der Waals surface area contributed by atoms with Crippen molar-refractivity contribution in [3.8, 4) is 0 Å². The van der Waals surface area contributed by atoms with E-state index < -0.39 is 0 Å². The highest BCUT2D eigenvalue weighted by Crippen LogP contribution is 2.17. The summed E-state index contributed by atoms with van der Waals surface area (Å²) < 4.78 is 27.2. The molecule has 0 spiro atoms. The highest BCUT2D eigenvalue weighted by molar-refractivity contribution is 5.55. The van der Waals surface area contributed by atoms with Gasteiger partial charge in [0.2, 0.25) is 5.95 Å². The molecule has 24 heavy (non-hydrogen) atoms. The molecule has 6 heteroatoms. The van der Waals surface area contributed by atoms with E-state index in [1.807, 2.05) is 0 Å². The summed E-state index contributed by atoms with van der Waals surface area (Å²) in [6.07, 6.45) is 2.11. The van der Waals surface area contributed by atoms with Crippen molar-refractivity contribution in [2.45, 2.75) is 6.42 Å². The molecule has 4 nitrogen and oxygen atoms in total. The Kier molecular flexibility index (Phi) is 4.96. The maximum Gasteiger partial charge on any atom is 0.229 e. The number of para-hydroxylation sites is 1. The minimum Gasteiger partial charge on any atom is -0.370 e. The SMILES string of the molecule is Fc1ccccc1CCNc1ccnc(Nc2ccccc2F)n1. The lowest BCUT2D eigenvalue weighted by atomic mass is 10.1. The van der Waals surface area contributed by atoms with Crippen molar-refractivity contribution >= 4 is 17.5 Å². The smallest absolute Gasteiger partial charge is 0.229 e. The number of rotatable bonds is 6. The first-order chi connectivity index (χ1) is 11.7. The summed E-state index contributed by atoms with van der Waals surface area (Å²) in [6, 6.07) is 14.7. The van der Waals surface area contributed by atoms with E-state index in [4.69, 9.17) is 0 Å². The number of halogens is 2. The van der Waals surface area contributed by atoms with E-state index in [9.17, 15) is 8.78 Å². The van der Waals surface area contributed by atoms with E-state index in [0.717, 1.165) is 0 Å². The standard InChI is InChI=1S/C18H16F2N4/c19-14-6-2-1-5-13(14)9-11-21-17-10-12-22-18(24-17)23-16-8-4-3-7-15(16)20/h1-8,10,12H,9,11H2,(H2,21,22,23,24). The molecule has 0 aliphatic heterocycles. The van der Waals surface area contributed by atoms with E-state index in [2.05, 4.69) is 20.6 Å². The van der Waals surface area contributed by atoms with Crippen molar-refractivity contribution in [3.63, 3.8) is 0 Å². The molecule has 3 rings (SSSR count). The van der Waals surface area contributed by atoms with Gasteiger partial charge in [0.05, 0.1) is 5.69 Å². The van der Waals surface area contributed by atoms with Gasteiger partial charge in [-0.05, 0) is 36.2 Å². The Morgan fingerprint density at radius 3 is 2.42 bits per heavy atom. The normalized spacial score (nSPS) is 10.4. The molecule has 1 aromatic heterocycles. The molecule has 0 atom stereocenters. The van der Waals surface area contributed by atoms with Gasteiger partial charge in [0.25, 0.3) is 0 Å². The van der Waals surface area contributed by atoms with Crippen LogP contribution in [0.4, 0.5) is 26.2 Å². The van der Waals surface area contributed by atoms with Crippen molar-refractivity contribution in [2.24, 2.45) is 0 Å². The molecule has 0 fully saturated rings. The average Bonchev–Trinajstić information content (AvgIpc) is 2.59. The zero-order valence-corrected chi connectivity index (χ0v) is 12.8. The van der Waals surface area contributed by atoms with Crippen LogP contribution in [0.2, 0.25) is 0 Å². The molecule has 2 N–H and O–H groups in total. The third kappa shape index (κ3) is 4.04. The molecule has 0 aliphatic carbocycles. The number of hydrogen-bond acceptors (Lipinski definition) is 4. The number of aromatic nitrogens is 2. The fourth-order valence-corrected chi connectivity index (χ4v) is 2.23. The van der Waals surface area contributed by atoms with Gasteiger partial charge in [-0.15, -0.1) is 0 Å². The summed E-state index contributed by atoms with van der Waals surface area (Å²) in [6.45, 7) is 0.525. The summed E-state index contributed by atoms with van der Waals surface area (Å²) in [5, 5.41) is 5.94. The predicted octanol–water partition coefficient (Wildman–Crippen LogP) is 4.15. The van der Waals surface area contributed by atoms with Crippen LogP contribution < -0.4 is 10.6 Å². The first-order valence-electron chi connectivity index (χ1n) is 7.54. The maximum absolute atomic E-state index is 13.6. The van der Waals surface area contributed by atoms with Gasteiger partial charge >= 0.3 is 0 Å². The van der Waals surface area contributed by atoms with Crippen LogP contribution in [0.25, 0.3) is 0 Å². The minimum absolute atomic E-state index is 0.219. The van der Waals surface area contributed by atoms with Gasteiger partial charge in [-0.1, -0.05) is 30.3 Å². The fourth-order valence-electron chi connectivity index (χ4n) is 2.23. The molecular weight excluding hydrogens is 310 g/mol. The monoisotopic (exact) mass is 326 g/mol. The Labute approximate surface area is 138 Å². The Hall–Kier alpha value is -3.02. The van der Waals surface area contributed by atoms with E-state index >= 15 is 0 Å². The highest BCUT2D eigenvalue weighted by Gasteiger charge is 2.05. The van der Waals surface area contributed by atoms with Crippen LogP contribution in [0.15, 0.2) is 60.8 Å². The second-order valence-electron chi connectivity index (χ2n) is 5.14. The van der Waals surface area contributed by atoms with E-state index in [1.165, 1.54) is 12.1 Å². The van der Waals surface area contributed by atoms with E-state index in [0.29, 0.717) is 30.0 Å². The first-order valence-corrected chi connectivity index (χ1v) is 7.54. The number of anilines is 3. The lowest BCUT2D eigenvalue weighted by Gasteiger charge is -2.09. The van der Waals surface area contributed by atoms with Crippen LogP contribution in [0.3, 0.4) is 0 Å². The number of nitrogens with zero attached hydrogens (tertiary/aromatic N) is 2. The summed E-state index contributed by atoms with van der Waals surface area (Å²) in [7, 11) is 0. The Morgan fingerprint density at radius 1 is 0.875 bits per heavy atom. The molecular formula is C18H16F2N4. The Balaban J connectivity index is 1.61. The molecule has 0 radical (unpaired) electrons. The number of hydrogen-bond donors (Lipinski definition) is 2. The van der Waals surface area contributed by atoms with Gasteiger partial charge in [0.15, 0.2) is 0 Å². The molecule has 0 amide bonds. The van der Waals surface area contributed by atoms with Crippen molar-refractivity contribution in [2.75, 3.05) is 17.2 Å². The van der Waals surface area contributed by atoms with Crippen LogP contribution in [0.1, 0.15) is 5.56 Å². The van der Waals surface area contributed by atoms with Crippen LogP contribution in [-0.4, -0.2) is 16.5 Å². The second kappa shape index (κ2) is 7.50. The molecule has 3 aromatic rings. The van der Waals surface area contributed by atoms with E-state index in [-0.39, 0.29) is 17.6 Å². The molecule has 0 bridgehead atoms. The predicted molar refractivity (Wildman–Crippen MR) is 90.3 cm³/mol. The summed E-state index contributed by atoms with van der Waals surface area (Å²) in [4.78, 5) is 8.34. The quantitative estimate of drug-likeness (QED) is 0.714. The van der Waals surface area contributed by atoms with Crippen LogP contribution in [0, 0.1) is 11.6 Å². The molecule has 0 aliphatic rings. The highest BCUT2D eigenvalue weighted by atomic mass is 19.1. The van der Waals surface area contributed by atoms with Gasteiger partial charge in [-0.25, -0.2) is 13.8 Å². The van der Waals surface area contributed by atoms with Crippen molar-refractivity contribution in [3.05, 3.63) is 78.0 Å². The summed E-state index contributed by atoms with van der Waals surface area (Å²) >= 11 is 0. The summed E-state index contributed by atoms with van der Waals surface area (Å²) in [5.74, 6) is 0.277. The summed E-state index contributed by atoms with van der Waals surface area (Å²) in [5.41, 5.74) is 0.949. The largest absolute Gasteiger partial charge is 0.370 e. The van der Waals surface area contributed by atoms with Gasteiger partial charge < -0.3 is 10.6 Å². The van der Waals surface area contributed by atoms with Crippen molar-refractivity contribution in [1.29, 1.82) is 0 Å². The third-order valence-electron chi connectivity index (χ3n) is 3.43. The number of nitrogens with one attached hydrogen (secondary N) is 2. The number of benzene rings is 2. The van der Waals surface area contributed by atoms with Crippen LogP contribution in [-0.2, 0) is 6.42 Å². The molecule has 122 valence electrons. The zero-order valence-electron chi connectivity index (χ0n) is 12.8. The van der Waals surface area contributed by atoms with Gasteiger partial charge in [-0.3, -0.25) is 0 Å². The fraction of sp³-hybridized carbons (Fsp3) is 0.111.